The van der Waals surface area contributed by atoms with E-state index in [9.17, 15) is 13.2 Å². The first-order chi connectivity index (χ1) is 7.63. The largest absolute Gasteiger partial charge is 0.281 e. The van der Waals surface area contributed by atoms with E-state index in [-0.39, 0.29) is 17.2 Å². The van der Waals surface area contributed by atoms with Gasteiger partial charge in [-0.2, -0.15) is 0 Å². The van der Waals surface area contributed by atoms with Crippen LogP contribution in [0.1, 0.15) is 46.5 Å². The highest BCUT2D eigenvalue weighted by Gasteiger charge is 2.33. The lowest BCUT2D eigenvalue weighted by atomic mass is 9.87. The van der Waals surface area contributed by atoms with Gasteiger partial charge in [0.25, 0.3) is 0 Å². The Morgan fingerprint density at radius 2 is 1.65 bits per heavy atom. The summed E-state index contributed by atoms with van der Waals surface area (Å²) in [6.45, 7) is 5.01. The van der Waals surface area contributed by atoms with Gasteiger partial charge in [0.05, 0.1) is 4.75 Å². The van der Waals surface area contributed by atoms with Crippen LogP contribution in [0.15, 0.2) is 0 Å². The molecule has 0 aliphatic heterocycles. The monoisotopic (exact) mass is 281 g/mol. The molecule has 0 aromatic rings. The number of carbonyl (C=O) groups is 1. The molecule has 1 rings (SSSR count). The summed E-state index contributed by atoms with van der Waals surface area (Å²) in [6.07, 6.45) is 2.69. The van der Waals surface area contributed by atoms with E-state index in [0.717, 1.165) is 0 Å². The zero-order chi connectivity index (χ0) is 13.3. The predicted octanol–water partition coefficient (Wildman–Crippen LogP) is 2.03. The molecule has 0 heterocycles. The summed E-state index contributed by atoms with van der Waals surface area (Å²) < 4.78 is 25.8. The Hall–Kier alpha value is -0.130. The van der Waals surface area contributed by atoms with Gasteiger partial charge in [-0.25, -0.2) is 13.1 Å². The van der Waals surface area contributed by atoms with Gasteiger partial charge < -0.3 is 0 Å². The number of hydrogen-bond donors (Lipinski definition) is 1. The van der Waals surface area contributed by atoms with E-state index < -0.39 is 14.8 Å². The minimum atomic E-state index is -3.30. The summed E-state index contributed by atoms with van der Waals surface area (Å²) >= 11 is 5.43. The first kappa shape index (κ1) is 14.9. The topological polar surface area (TPSA) is 63.2 Å². The minimum Gasteiger partial charge on any atom is -0.281 e. The molecular formula is C11H20ClNO3S. The van der Waals surface area contributed by atoms with Crippen molar-refractivity contribution >= 4 is 26.9 Å². The van der Waals surface area contributed by atoms with E-state index in [1.807, 2.05) is 0 Å². The van der Waals surface area contributed by atoms with Crippen molar-refractivity contribution in [2.24, 2.45) is 5.92 Å². The fourth-order valence-electron chi connectivity index (χ4n) is 1.83. The summed E-state index contributed by atoms with van der Waals surface area (Å²) in [4.78, 5) is 11.0. The van der Waals surface area contributed by atoms with Crippen LogP contribution in [0.5, 0.6) is 0 Å². The zero-order valence-corrected chi connectivity index (χ0v) is 12.1. The molecule has 4 nitrogen and oxygen atoms in total. The number of hydrogen-bond acceptors (Lipinski definition) is 3. The molecule has 1 aliphatic carbocycles. The number of halogens is 1. The molecule has 0 spiro atoms. The average Bonchev–Trinajstić information content (AvgIpc) is 2.16. The molecule has 0 unspecified atom stereocenters. The first-order valence-electron chi connectivity index (χ1n) is 5.85. The molecule has 1 fully saturated rings. The molecule has 0 radical (unpaired) electrons. The van der Waals surface area contributed by atoms with E-state index in [1.54, 1.807) is 20.8 Å². The van der Waals surface area contributed by atoms with Gasteiger partial charge in [-0.15, -0.1) is 0 Å². The fourth-order valence-corrected chi connectivity index (χ4v) is 3.08. The standard InChI is InChI=1S/C11H20ClNO3S/c1-11(2,3)17(15,16)13-9-6-4-8(5-7-9)10(12)14/h8-9,13H,4-7H2,1-3H3/t8-,9-. The molecule has 0 aromatic heterocycles. The van der Waals surface area contributed by atoms with Gasteiger partial charge in [-0.1, -0.05) is 0 Å². The maximum atomic E-state index is 11.9. The molecule has 0 bridgehead atoms. The molecule has 0 atom stereocenters. The van der Waals surface area contributed by atoms with Crippen molar-refractivity contribution in [2.75, 3.05) is 0 Å². The van der Waals surface area contributed by atoms with Crippen molar-refractivity contribution in [3.05, 3.63) is 0 Å². The lowest BCUT2D eigenvalue weighted by Crippen LogP contribution is -2.46. The lowest BCUT2D eigenvalue weighted by molar-refractivity contribution is -0.116. The van der Waals surface area contributed by atoms with Crippen LogP contribution in [-0.2, 0) is 14.8 Å². The van der Waals surface area contributed by atoms with Crippen LogP contribution in [0.4, 0.5) is 0 Å². The van der Waals surface area contributed by atoms with E-state index in [4.69, 9.17) is 11.6 Å². The second kappa shape index (κ2) is 5.24. The Kier molecular flexibility index (Phi) is 4.60. The molecule has 0 aromatic carbocycles. The lowest BCUT2D eigenvalue weighted by Gasteiger charge is -2.30. The molecule has 0 saturated heterocycles. The van der Waals surface area contributed by atoms with E-state index >= 15 is 0 Å². The zero-order valence-electron chi connectivity index (χ0n) is 10.5. The van der Waals surface area contributed by atoms with Gasteiger partial charge in [-0.05, 0) is 58.1 Å². The molecule has 1 N–H and O–H groups in total. The Morgan fingerprint density at radius 1 is 1.18 bits per heavy atom. The van der Waals surface area contributed by atoms with Crippen LogP contribution in [0.25, 0.3) is 0 Å². The Morgan fingerprint density at radius 3 is 2.00 bits per heavy atom. The second-order valence-electron chi connectivity index (χ2n) is 5.59. The van der Waals surface area contributed by atoms with Crippen molar-refractivity contribution in [1.29, 1.82) is 0 Å². The van der Waals surface area contributed by atoms with Crippen molar-refractivity contribution in [2.45, 2.75) is 57.2 Å². The highest BCUT2D eigenvalue weighted by atomic mass is 35.5. The van der Waals surface area contributed by atoms with Crippen molar-refractivity contribution < 1.29 is 13.2 Å². The maximum Gasteiger partial charge on any atom is 0.224 e. The summed E-state index contributed by atoms with van der Waals surface area (Å²) in [5.74, 6) is -0.105. The van der Waals surface area contributed by atoms with Gasteiger partial charge in [0.15, 0.2) is 0 Å². The van der Waals surface area contributed by atoms with Gasteiger partial charge in [-0.3, -0.25) is 4.79 Å². The van der Waals surface area contributed by atoms with Crippen molar-refractivity contribution in [1.82, 2.24) is 4.72 Å². The smallest absolute Gasteiger partial charge is 0.224 e. The van der Waals surface area contributed by atoms with Crippen LogP contribution in [-0.4, -0.2) is 24.4 Å². The van der Waals surface area contributed by atoms with E-state index in [2.05, 4.69) is 4.72 Å². The van der Waals surface area contributed by atoms with Crippen molar-refractivity contribution in [3.8, 4) is 0 Å². The van der Waals surface area contributed by atoms with Crippen molar-refractivity contribution in [3.63, 3.8) is 0 Å². The highest BCUT2D eigenvalue weighted by molar-refractivity contribution is 7.90. The third-order valence-corrected chi connectivity index (χ3v) is 5.74. The van der Waals surface area contributed by atoms with Crippen LogP contribution in [0, 0.1) is 5.92 Å². The van der Waals surface area contributed by atoms with Gasteiger partial charge in [0.1, 0.15) is 0 Å². The second-order valence-corrected chi connectivity index (χ2v) is 8.43. The highest BCUT2D eigenvalue weighted by Crippen LogP contribution is 2.27. The van der Waals surface area contributed by atoms with Gasteiger partial charge >= 0.3 is 0 Å². The molecular weight excluding hydrogens is 262 g/mol. The normalized spacial score (nSPS) is 26.8. The molecule has 1 aliphatic rings. The number of nitrogens with one attached hydrogen (secondary N) is 1. The quantitative estimate of drug-likeness (QED) is 0.805. The summed E-state index contributed by atoms with van der Waals surface area (Å²) in [7, 11) is -3.30. The Balaban J connectivity index is 2.55. The third-order valence-electron chi connectivity index (χ3n) is 3.18. The average molecular weight is 282 g/mol. The molecule has 6 heteroatoms. The van der Waals surface area contributed by atoms with Gasteiger partial charge in [0, 0.05) is 12.0 Å². The van der Waals surface area contributed by atoms with Crippen LogP contribution < -0.4 is 4.72 Å². The Labute approximate surface area is 108 Å². The molecule has 17 heavy (non-hydrogen) atoms. The minimum absolute atomic E-state index is 0.0634. The number of carbonyl (C=O) groups excluding carboxylic acids is 1. The first-order valence-corrected chi connectivity index (χ1v) is 7.71. The van der Waals surface area contributed by atoms with Gasteiger partial charge in [0.2, 0.25) is 15.3 Å². The summed E-state index contributed by atoms with van der Waals surface area (Å²) in [5.41, 5.74) is 0. The maximum absolute atomic E-state index is 11.9. The molecule has 100 valence electrons. The SMILES string of the molecule is CC(C)(C)S(=O)(=O)N[C@H]1CC[C@H](C(=O)Cl)CC1. The Bertz CT molecular complexity index is 378. The van der Waals surface area contributed by atoms with E-state index in [1.165, 1.54) is 0 Å². The number of rotatable bonds is 3. The van der Waals surface area contributed by atoms with E-state index in [0.29, 0.717) is 25.7 Å². The van der Waals surface area contributed by atoms with Crippen LogP contribution >= 0.6 is 11.6 Å². The van der Waals surface area contributed by atoms with Crippen LogP contribution in [0.2, 0.25) is 0 Å². The van der Waals surface area contributed by atoms with Crippen LogP contribution in [0.3, 0.4) is 0 Å². The molecule has 0 amide bonds. The third kappa shape index (κ3) is 3.93. The predicted molar refractivity (Wildman–Crippen MR) is 68.4 cm³/mol. The number of sulfonamides is 1. The molecule has 1 saturated carbocycles. The summed E-state index contributed by atoms with van der Waals surface area (Å²) in [5, 5.41) is -0.304. The fraction of sp³-hybridized carbons (Fsp3) is 0.909. The summed E-state index contributed by atoms with van der Waals surface area (Å²) in [6, 6.07) is -0.0634.